The predicted molar refractivity (Wildman–Crippen MR) is 154 cm³/mol. The molecule has 0 saturated heterocycles. The summed E-state index contributed by atoms with van der Waals surface area (Å²) in [4.78, 5) is 0. The third-order valence-corrected chi connectivity index (χ3v) is 7.99. The van der Waals surface area contributed by atoms with E-state index in [2.05, 4.69) is 27.7 Å². The highest BCUT2D eigenvalue weighted by atomic mass is 14.1. The zero-order chi connectivity index (χ0) is 24.2. The minimum Gasteiger partial charge on any atom is -0.0654 e. The van der Waals surface area contributed by atoms with Crippen LogP contribution in [0.2, 0.25) is 0 Å². The summed E-state index contributed by atoms with van der Waals surface area (Å²) in [5.74, 6) is 1.93. The average Bonchev–Trinajstić information content (AvgIpc) is 2.81. The van der Waals surface area contributed by atoms with Gasteiger partial charge >= 0.3 is 0 Å². The van der Waals surface area contributed by atoms with Gasteiger partial charge in [-0.15, -0.1) is 0 Å². The highest BCUT2D eigenvalue weighted by Gasteiger charge is 2.04. The van der Waals surface area contributed by atoms with Crippen molar-refractivity contribution in [2.24, 2.45) is 11.8 Å². The van der Waals surface area contributed by atoms with Crippen LogP contribution in [-0.2, 0) is 0 Å². The highest BCUT2D eigenvalue weighted by Crippen LogP contribution is 2.20. The Morgan fingerprint density at radius 3 is 0.667 bits per heavy atom. The summed E-state index contributed by atoms with van der Waals surface area (Å²) in [6.45, 7) is 9.60. The van der Waals surface area contributed by atoms with E-state index < -0.39 is 0 Å². The fraction of sp³-hybridized carbons (Fsp3) is 1.00. The van der Waals surface area contributed by atoms with Gasteiger partial charge in [-0.05, 0) is 11.8 Å². The molecule has 0 aliphatic rings. The van der Waals surface area contributed by atoms with Crippen LogP contribution in [0.1, 0.15) is 201 Å². The van der Waals surface area contributed by atoms with Gasteiger partial charge in [0.05, 0.1) is 0 Å². The third kappa shape index (κ3) is 28.1. The molecular formula is C33H68. The molecule has 0 fully saturated rings. The van der Waals surface area contributed by atoms with Gasteiger partial charge in [-0.2, -0.15) is 0 Å². The molecule has 0 aliphatic carbocycles. The standard InChI is InChI=1S/C33H68/c1-5-7-9-11-13-14-15-17-21-25-29-33(4)31-27-23-19-16-18-22-26-30-32(3)28-24-20-12-10-8-6-2/h32-33H,5-31H2,1-4H3. The number of hydrogen-bond acceptors (Lipinski definition) is 0. The molecule has 0 saturated carbocycles. The molecule has 0 aromatic carbocycles. The van der Waals surface area contributed by atoms with Crippen molar-refractivity contribution >= 4 is 0 Å². The van der Waals surface area contributed by atoms with Gasteiger partial charge in [0, 0.05) is 0 Å². The maximum atomic E-state index is 2.50. The largest absolute Gasteiger partial charge is 0.0654 e. The Morgan fingerprint density at radius 2 is 0.455 bits per heavy atom. The van der Waals surface area contributed by atoms with Crippen molar-refractivity contribution in [1.82, 2.24) is 0 Å². The first-order valence-corrected chi connectivity index (χ1v) is 16.2. The van der Waals surface area contributed by atoms with Crippen molar-refractivity contribution in [3.05, 3.63) is 0 Å². The SMILES string of the molecule is CCCCCCCCCCCCC(C)CCCCCCCCCC(C)CCCCCCCC. The van der Waals surface area contributed by atoms with Crippen molar-refractivity contribution < 1.29 is 0 Å². The van der Waals surface area contributed by atoms with Crippen LogP contribution in [0.4, 0.5) is 0 Å². The number of hydrogen-bond donors (Lipinski definition) is 0. The second kappa shape index (κ2) is 28.2. The summed E-state index contributed by atoms with van der Waals surface area (Å²) in [7, 11) is 0. The summed E-state index contributed by atoms with van der Waals surface area (Å²) in [6, 6.07) is 0. The molecule has 0 aliphatic heterocycles. The maximum absolute atomic E-state index is 2.50. The van der Waals surface area contributed by atoms with Gasteiger partial charge in [0.25, 0.3) is 0 Å². The lowest BCUT2D eigenvalue weighted by Gasteiger charge is -2.12. The molecule has 0 radical (unpaired) electrons. The smallest absolute Gasteiger partial charge is 0.0443 e. The van der Waals surface area contributed by atoms with Crippen LogP contribution >= 0.6 is 0 Å². The lowest BCUT2D eigenvalue weighted by molar-refractivity contribution is 0.422. The van der Waals surface area contributed by atoms with E-state index in [0.29, 0.717) is 0 Å². The summed E-state index contributed by atoms with van der Waals surface area (Å²) >= 11 is 0. The first kappa shape index (κ1) is 33.0. The van der Waals surface area contributed by atoms with Crippen LogP contribution in [0.15, 0.2) is 0 Å². The molecule has 0 amide bonds. The molecule has 0 heteroatoms. The Morgan fingerprint density at radius 1 is 0.273 bits per heavy atom. The van der Waals surface area contributed by atoms with E-state index in [0.717, 1.165) is 11.8 Å². The molecule has 2 unspecified atom stereocenters. The summed E-state index contributed by atoms with van der Waals surface area (Å²) in [6.07, 6.45) is 39.6. The Kier molecular flexibility index (Phi) is 28.2. The Labute approximate surface area is 212 Å². The van der Waals surface area contributed by atoms with Gasteiger partial charge < -0.3 is 0 Å². The summed E-state index contributed by atoms with van der Waals surface area (Å²) in [5.41, 5.74) is 0. The van der Waals surface area contributed by atoms with E-state index in [9.17, 15) is 0 Å². The van der Waals surface area contributed by atoms with E-state index in [1.165, 1.54) is 173 Å². The fourth-order valence-corrected chi connectivity index (χ4v) is 5.41. The minimum atomic E-state index is 0.965. The van der Waals surface area contributed by atoms with Gasteiger partial charge in [0.15, 0.2) is 0 Å². The molecule has 0 heterocycles. The minimum absolute atomic E-state index is 0.965. The van der Waals surface area contributed by atoms with Gasteiger partial charge in [0.1, 0.15) is 0 Å². The van der Waals surface area contributed by atoms with E-state index in [-0.39, 0.29) is 0 Å². The van der Waals surface area contributed by atoms with Crippen molar-refractivity contribution in [2.75, 3.05) is 0 Å². The Bertz CT molecular complexity index is 333. The second-order valence-electron chi connectivity index (χ2n) is 11.8. The van der Waals surface area contributed by atoms with Crippen LogP contribution in [0, 0.1) is 11.8 Å². The van der Waals surface area contributed by atoms with Crippen LogP contribution in [0.3, 0.4) is 0 Å². The molecular weight excluding hydrogens is 396 g/mol. The number of rotatable bonds is 28. The van der Waals surface area contributed by atoms with Gasteiger partial charge in [-0.25, -0.2) is 0 Å². The van der Waals surface area contributed by atoms with E-state index in [1.54, 1.807) is 0 Å². The molecule has 0 aromatic rings. The van der Waals surface area contributed by atoms with Crippen molar-refractivity contribution in [2.45, 2.75) is 201 Å². The summed E-state index contributed by atoms with van der Waals surface area (Å²) in [5, 5.41) is 0. The lowest BCUT2D eigenvalue weighted by Crippen LogP contribution is -1.96. The number of unbranched alkanes of at least 4 members (excludes halogenated alkanes) is 20. The monoisotopic (exact) mass is 465 g/mol. The highest BCUT2D eigenvalue weighted by molar-refractivity contribution is 4.58. The molecule has 33 heavy (non-hydrogen) atoms. The van der Waals surface area contributed by atoms with Gasteiger partial charge in [-0.1, -0.05) is 201 Å². The van der Waals surface area contributed by atoms with Crippen molar-refractivity contribution in [3.8, 4) is 0 Å². The topological polar surface area (TPSA) is 0 Å². The molecule has 0 rings (SSSR count). The van der Waals surface area contributed by atoms with E-state index >= 15 is 0 Å². The molecule has 0 bridgehead atoms. The average molecular weight is 465 g/mol. The Hall–Kier alpha value is 0. The first-order valence-electron chi connectivity index (χ1n) is 16.2. The molecule has 0 aromatic heterocycles. The van der Waals surface area contributed by atoms with E-state index in [4.69, 9.17) is 0 Å². The lowest BCUT2D eigenvalue weighted by atomic mass is 9.95. The summed E-state index contributed by atoms with van der Waals surface area (Å²) < 4.78 is 0. The maximum Gasteiger partial charge on any atom is -0.0443 e. The van der Waals surface area contributed by atoms with Crippen molar-refractivity contribution in [1.29, 1.82) is 0 Å². The quantitative estimate of drug-likeness (QED) is 0.101. The van der Waals surface area contributed by atoms with Crippen LogP contribution in [0.5, 0.6) is 0 Å². The molecule has 0 nitrogen and oxygen atoms in total. The molecule has 0 N–H and O–H groups in total. The zero-order valence-electron chi connectivity index (χ0n) is 24.2. The first-order chi connectivity index (χ1) is 16.2. The molecule has 0 spiro atoms. The second-order valence-corrected chi connectivity index (χ2v) is 11.8. The molecule has 2 atom stereocenters. The van der Waals surface area contributed by atoms with Crippen LogP contribution < -0.4 is 0 Å². The Balaban J connectivity index is 3.22. The van der Waals surface area contributed by atoms with Crippen LogP contribution in [-0.4, -0.2) is 0 Å². The van der Waals surface area contributed by atoms with Gasteiger partial charge in [-0.3, -0.25) is 0 Å². The van der Waals surface area contributed by atoms with E-state index in [1.807, 2.05) is 0 Å². The fourth-order valence-electron chi connectivity index (χ4n) is 5.41. The van der Waals surface area contributed by atoms with Gasteiger partial charge in [0.2, 0.25) is 0 Å². The molecule has 200 valence electrons. The zero-order valence-corrected chi connectivity index (χ0v) is 24.2. The predicted octanol–water partition coefficient (Wildman–Crippen LogP) is 12.8. The van der Waals surface area contributed by atoms with Crippen LogP contribution in [0.25, 0.3) is 0 Å². The van der Waals surface area contributed by atoms with Crippen molar-refractivity contribution in [3.63, 3.8) is 0 Å². The third-order valence-electron chi connectivity index (χ3n) is 7.99. The normalized spacial score (nSPS) is 13.5.